The molecule has 298 valence electrons. The Morgan fingerprint density at radius 1 is 0.962 bits per heavy atom. The molecule has 13 nitrogen and oxygen atoms in total. The van der Waals surface area contributed by atoms with Gasteiger partial charge in [0.2, 0.25) is 29.5 Å². The number of carbonyl (C=O) groups is 5. The SMILES string of the molecule is CC[C@H](C)[C@@H]([C@@H](CC(=O)N1CCC[C@H]1[C@H](OC)[C@@H](C)C(=O)N[C@@]1(C(N)=O)C[C@@H]1c1ccccc1)OC)N(C)C(=O)[C@@H](NC(=O)[C@@H](NC)C(C)C)C(C)C. The first-order valence-electron chi connectivity index (χ1n) is 19.3. The predicted molar refractivity (Wildman–Crippen MR) is 204 cm³/mol. The van der Waals surface area contributed by atoms with Gasteiger partial charge in [-0.15, -0.1) is 0 Å². The van der Waals surface area contributed by atoms with Crippen LogP contribution >= 0.6 is 0 Å². The minimum absolute atomic E-state index is 0.00800. The first-order chi connectivity index (χ1) is 25.0. The maximum absolute atomic E-state index is 14.2. The maximum Gasteiger partial charge on any atom is 0.245 e. The average Bonchev–Trinajstić information content (AvgIpc) is 3.66. The van der Waals surface area contributed by atoms with Gasteiger partial charge in [0.1, 0.15) is 11.6 Å². The summed E-state index contributed by atoms with van der Waals surface area (Å²) in [5.74, 6) is -2.68. The van der Waals surface area contributed by atoms with E-state index in [1.165, 1.54) is 7.11 Å². The van der Waals surface area contributed by atoms with E-state index < -0.39 is 47.7 Å². The largest absolute Gasteiger partial charge is 0.379 e. The van der Waals surface area contributed by atoms with E-state index in [9.17, 15) is 24.0 Å². The normalized spacial score (nSPS) is 23.8. The highest BCUT2D eigenvalue weighted by Crippen LogP contribution is 2.51. The van der Waals surface area contributed by atoms with Crippen LogP contribution in [0.1, 0.15) is 92.1 Å². The molecule has 53 heavy (non-hydrogen) atoms. The van der Waals surface area contributed by atoms with Gasteiger partial charge in [-0.05, 0) is 49.6 Å². The molecule has 1 saturated carbocycles. The number of carbonyl (C=O) groups excluding carboxylic acids is 5. The Balaban J connectivity index is 1.78. The first kappa shape index (κ1) is 43.9. The average molecular weight is 743 g/mol. The predicted octanol–water partition coefficient (Wildman–Crippen LogP) is 2.82. The number of rotatable bonds is 20. The van der Waals surface area contributed by atoms with E-state index in [4.69, 9.17) is 15.2 Å². The number of hydrogen-bond acceptors (Lipinski definition) is 8. The zero-order valence-corrected chi connectivity index (χ0v) is 33.8. The third-order valence-corrected chi connectivity index (χ3v) is 11.7. The van der Waals surface area contributed by atoms with Gasteiger partial charge in [0.15, 0.2) is 0 Å². The van der Waals surface area contributed by atoms with Gasteiger partial charge in [-0.25, -0.2) is 0 Å². The van der Waals surface area contributed by atoms with Crippen LogP contribution in [-0.4, -0.2) is 116 Å². The lowest BCUT2D eigenvalue weighted by molar-refractivity contribution is -0.148. The summed E-state index contributed by atoms with van der Waals surface area (Å²) in [5, 5.41) is 8.98. The van der Waals surface area contributed by atoms with Gasteiger partial charge < -0.3 is 41.0 Å². The number of ether oxygens (including phenoxy) is 2. The monoisotopic (exact) mass is 742 g/mol. The van der Waals surface area contributed by atoms with Crippen molar-refractivity contribution in [3.63, 3.8) is 0 Å². The van der Waals surface area contributed by atoms with E-state index in [-0.39, 0.29) is 59.8 Å². The molecule has 1 aromatic rings. The van der Waals surface area contributed by atoms with Crippen molar-refractivity contribution in [3.05, 3.63) is 35.9 Å². The molecule has 0 unspecified atom stereocenters. The second kappa shape index (κ2) is 19.2. The van der Waals surface area contributed by atoms with Gasteiger partial charge in [0, 0.05) is 33.7 Å². The number of primary amides is 1. The number of likely N-dealkylation sites (N-methyl/N-ethyl adjacent to an activating group) is 2. The number of hydrogen-bond donors (Lipinski definition) is 4. The highest BCUT2D eigenvalue weighted by Gasteiger charge is 2.61. The third-order valence-electron chi connectivity index (χ3n) is 11.7. The molecular weight excluding hydrogens is 676 g/mol. The van der Waals surface area contributed by atoms with Gasteiger partial charge in [-0.2, -0.15) is 0 Å². The Kier molecular flexibility index (Phi) is 15.9. The van der Waals surface area contributed by atoms with Crippen molar-refractivity contribution < 1.29 is 33.4 Å². The van der Waals surface area contributed by atoms with Crippen molar-refractivity contribution in [3.8, 4) is 0 Å². The molecule has 1 heterocycles. The number of benzene rings is 1. The summed E-state index contributed by atoms with van der Waals surface area (Å²) < 4.78 is 11.9. The highest BCUT2D eigenvalue weighted by atomic mass is 16.5. The lowest BCUT2D eigenvalue weighted by Gasteiger charge is -2.41. The fourth-order valence-electron chi connectivity index (χ4n) is 8.21. The first-order valence-corrected chi connectivity index (χ1v) is 19.3. The summed E-state index contributed by atoms with van der Waals surface area (Å²) in [7, 11) is 6.53. The number of methoxy groups -OCH3 is 2. The summed E-state index contributed by atoms with van der Waals surface area (Å²) in [4.78, 5) is 71.4. The van der Waals surface area contributed by atoms with E-state index in [0.717, 1.165) is 18.4 Å². The summed E-state index contributed by atoms with van der Waals surface area (Å²) in [5.41, 5.74) is 5.61. The van der Waals surface area contributed by atoms with Crippen LogP contribution in [0.3, 0.4) is 0 Å². The highest BCUT2D eigenvalue weighted by molar-refractivity contribution is 5.96. The lowest BCUT2D eigenvalue weighted by atomic mass is 9.89. The minimum atomic E-state index is -1.17. The molecule has 13 heteroatoms. The van der Waals surface area contributed by atoms with Crippen molar-refractivity contribution >= 4 is 29.5 Å². The summed E-state index contributed by atoms with van der Waals surface area (Å²) >= 11 is 0. The minimum Gasteiger partial charge on any atom is -0.379 e. The van der Waals surface area contributed by atoms with Gasteiger partial charge in [-0.3, -0.25) is 24.0 Å². The molecule has 1 aromatic carbocycles. The van der Waals surface area contributed by atoms with Crippen molar-refractivity contribution in [2.45, 2.75) is 128 Å². The standard InChI is InChI=1S/C40H66N6O7/c1-12-25(6)34(45(9)38(50)33(24(4)5)43-37(49)32(42-8)23(2)3)30(52-10)21-31(47)46-20-16-19-29(46)35(53-11)26(7)36(48)44-40(39(41)51)22-28(40)27-17-14-13-15-18-27/h13-15,17-18,23-26,28-30,32-35,42H,12,16,19-22H2,1-11H3,(H2,41,51)(H,43,49)(H,44,48)/t25-,26+,28+,29-,30+,32-,33-,34-,35+,40-/m0/s1. The molecule has 0 spiro atoms. The van der Waals surface area contributed by atoms with Crippen LogP contribution in [0, 0.1) is 23.7 Å². The Labute approximate surface area is 316 Å². The van der Waals surface area contributed by atoms with Crippen LogP contribution in [0.15, 0.2) is 30.3 Å². The van der Waals surface area contributed by atoms with E-state index in [1.54, 1.807) is 37.9 Å². The molecule has 2 fully saturated rings. The summed E-state index contributed by atoms with van der Waals surface area (Å²) in [6.45, 7) is 14.0. The Bertz CT molecular complexity index is 1410. The van der Waals surface area contributed by atoms with Crippen molar-refractivity contribution in [2.75, 3.05) is 34.9 Å². The van der Waals surface area contributed by atoms with Crippen molar-refractivity contribution in [1.29, 1.82) is 0 Å². The molecule has 1 aliphatic carbocycles. The maximum atomic E-state index is 14.2. The molecule has 0 bridgehead atoms. The fourth-order valence-corrected chi connectivity index (χ4v) is 8.21. The van der Waals surface area contributed by atoms with Crippen molar-refractivity contribution in [1.82, 2.24) is 25.8 Å². The quantitative estimate of drug-likeness (QED) is 0.158. The second-order valence-corrected chi connectivity index (χ2v) is 15.8. The van der Waals surface area contributed by atoms with E-state index in [2.05, 4.69) is 16.0 Å². The van der Waals surface area contributed by atoms with Crippen LogP contribution in [0.5, 0.6) is 0 Å². The number of nitrogens with one attached hydrogen (secondary N) is 3. The topological polar surface area (TPSA) is 172 Å². The fraction of sp³-hybridized carbons (Fsp3) is 0.725. The molecule has 3 rings (SSSR count). The number of nitrogens with zero attached hydrogens (tertiary/aromatic N) is 2. The lowest BCUT2D eigenvalue weighted by Crippen LogP contribution is -2.59. The molecular formula is C40H66N6O7. The number of amides is 5. The van der Waals surface area contributed by atoms with Gasteiger partial charge >= 0.3 is 0 Å². The molecule has 2 aliphatic rings. The van der Waals surface area contributed by atoms with Crippen LogP contribution in [0.4, 0.5) is 0 Å². The van der Waals surface area contributed by atoms with Gasteiger partial charge in [0.05, 0.1) is 42.7 Å². The molecule has 5 N–H and O–H groups in total. The molecule has 1 aliphatic heterocycles. The van der Waals surface area contributed by atoms with Crippen LogP contribution in [0.25, 0.3) is 0 Å². The van der Waals surface area contributed by atoms with E-state index in [1.807, 2.05) is 71.9 Å². The van der Waals surface area contributed by atoms with Crippen LogP contribution in [0.2, 0.25) is 0 Å². The van der Waals surface area contributed by atoms with Gasteiger partial charge in [0.25, 0.3) is 0 Å². The Morgan fingerprint density at radius 3 is 2.09 bits per heavy atom. The summed E-state index contributed by atoms with van der Waals surface area (Å²) in [6, 6.07) is 7.45. The van der Waals surface area contributed by atoms with Crippen molar-refractivity contribution in [2.24, 2.45) is 29.4 Å². The van der Waals surface area contributed by atoms with Crippen LogP contribution < -0.4 is 21.7 Å². The Morgan fingerprint density at radius 2 is 1.58 bits per heavy atom. The number of nitrogens with two attached hydrogens (primary N) is 1. The zero-order valence-electron chi connectivity index (χ0n) is 33.8. The van der Waals surface area contributed by atoms with Gasteiger partial charge in [-0.1, -0.05) is 85.2 Å². The number of likely N-dealkylation sites (tertiary alicyclic amines) is 1. The second-order valence-electron chi connectivity index (χ2n) is 15.8. The smallest absolute Gasteiger partial charge is 0.245 e. The zero-order chi connectivity index (χ0) is 39.8. The molecule has 1 saturated heterocycles. The summed E-state index contributed by atoms with van der Waals surface area (Å²) in [6.07, 6.45) is 1.25. The van der Waals surface area contributed by atoms with E-state index in [0.29, 0.717) is 19.4 Å². The molecule has 10 atom stereocenters. The Hall–Kier alpha value is -3.55. The van der Waals surface area contributed by atoms with E-state index >= 15 is 0 Å². The molecule has 0 radical (unpaired) electrons. The molecule has 5 amide bonds. The molecule has 0 aromatic heterocycles. The third kappa shape index (κ3) is 9.96. The van der Waals surface area contributed by atoms with Crippen LogP contribution in [-0.2, 0) is 33.4 Å².